The molecule has 1 fully saturated rings. The number of nitrogens with zero attached hydrogens (tertiary/aromatic N) is 1. The highest BCUT2D eigenvalue weighted by atomic mass is 16.5. The van der Waals surface area contributed by atoms with Crippen LogP contribution in [0.3, 0.4) is 0 Å². The van der Waals surface area contributed by atoms with Crippen LogP contribution < -0.4 is 16.0 Å². The van der Waals surface area contributed by atoms with Crippen molar-refractivity contribution in [2.75, 3.05) is 36.1 Å². The summed E-state index contributed by atoms with van der Waals surface area (Å²) >= 11 is 0. The monoisotopic (exact) mass is 275 g/mol. The fourth-order valence-electron chi connectivity index (χ4n) is 3.04. The number of hydrogen-bond acceptors (Lipinski definition) is 4. The number of anilines is 3. The van der Waals surface area contributed by atoms with Crippen LogP contribution in [-0.4, -0.2) is 32.2 Å². The van der Waals surface area contributed by atoms with Crippen molar-refractivity contribution in [1.82, 2.24) is 0 Å². The Hall–Kier alpha value is -1.75. The quantitative estimate of drug-likeness (QED) is 0.807. The number of rotatable bonds is 2. The second kappa shape index (κ2) is 5.32. The van der Waals surface area contributed by atoms with Crippen molar-refractivity contribution >= 4 is 23.0 Å². The smallest absolute Gasteiger partial charge is 0.224 e. The van der Waals surface area contributed by atoms with Crippen molar-refractivity contribution in [3.63, 3.8) is 0 Å². The molecule has 0 aromatic heterocycles. The molecule has 20 heavy (non-hydrogen) atoms. The highest BCUT2D eigenvalue weighted by molar-refractivity contribution is 5.95. The molecule has 1 aromatic carbocycles. The first-order valence-electron chi connectivity index (χ1n) is 7.17. The summed E-state index contributed by atoms with van der Waals surface area (Å²) in [4.78, 5) is 13.7. The minimum Gasteiger partial charge on any atom is -0.397 e. The zero-order valence-corrected chi connectivity index (χ0v) is 11.8. The maximum Gasteiger partial charge on any atom is 0.224 e. The molecule has 2 heterocycles. The molecule has 108 valence electrons. The third-order valence-electron chi connectivity index (χ3n) is 4.26. The molecule has 5 heteroatoms. The number of nitrogens with one attached hydrogen (secondary N) is 1. The summed E-state index contributed by atoms with van der Waals surface area (Å²) in [6.07, 6.45) is 3.78. The number of ether oxygens (including phenoxy) is 1. The lowest BCUT2D eigenvalue weighted by Gasteiger charge is -2.34. The van der Waals surface area contributed by atoms with Crippen molar-refractivity contribution < 1.29 is 9.53 Å². The predicted octanol–water partition coefficient (Wildman–Crippen LogP) is 1.77. The van der Waals surface area contributed by atoms with Crippen LogP contribution in [-0.2, 0) is 16.0 Å². The largest absolute Gasteiger partial charge is 0.397 e. The number of carbonyl (C=O) groups is 1. The number of piperidine rings is 1. The number of amides is 1. The Morgan fingerprint density at radius 3 is 2.75 bits per heavy atom. The van der Waals surface area contributed by atoms with Gasteiger partial charge in [0.1, 0.15) is 0 Å². The molecule has 0 bridgehead atoms. The Morgan fingerprint density at radius 2 is 2.05 bits per heavy atom. The zero-order chi connectivity index (χ0) is 14.1. The topological polar surface area (TPSA) is 67.6 Å². The highest BCUT2D eigenvalue weighted by Crippen LogP contribution is 2.34. The molecule has 0 radical (unpaired) electrons. The van der Waals surface area contributed by atoms with Crippen molar-refractivity contribution in [3.8, 4) is 0 Å². The van der Waals surface area contributed by atoms with E-state index in [1.54, 1.807) is 7.11 Å². The first-order valence-corrected chi connectivity index (χ1v) is 7.17. The van der Waals surface area contributed by atoms with Crippen molar-refractivity contribution in [2.45, 2.75) is 31.8 Å². The summed E-state index contributed by atoms with van der Waals surface area (Å²) in [5.74, 6) is 0.0746. The van der Waals surface area contributed by atoms with E-state index < -0.39 is 0 Å². The minimum atomic E-state index is 0.0746. The van der Waals surface area contributed by atoms with Gasteiger partial charge in [-0.25, -0.2) is 0 Å². The molecule has 0 saturated carbocycles. The van der Waals surface area contributed by atoms with E-state index in [9.17, 15) is 4.79 Å². The van der Waals surface area contributed by atoms with Crippen LogP contribution in [0.4, 0.5) is 17.1 Å². The van der Waals surface area contributed by atoms with Gasteiger partial charge in [0.15, 0.2) is 0 Å². The molecule has 0 aliphatic carbocycles. The summed E-state index contributed by atoms with van der Waals surface area (Å²) in [7, 11) is 1.77. The van der Waals surface area contributed by atoms with Crippen LogP contribution >= 0.6 is 0 Å². The minimum absolute atomic E-state index is 0.0746. The van der Waals surface area contributed by atoms with Gasteiger partial charge < -0.3 is 20.7 Å². The molecule has 3 rings (SSSR count). The SMILES string of the molecule is COC1CCN(c2cc3c(cc2N)NC(=O)CC3)CC1. The molecule has 2 aliphatic heterocycles. The molecule has 0 atom stereocenters. The van der Waals surface area contributed by atoms with Gasteiger partial charge in [0.05, 0.1) is 17.5 Å². The van der Waals surface area contributed by atoms with E-state index in [1.807, 2.05) is 6.07 Å². The van der Waals surface area contributed by atoms with Crippen LogP contribution in [0.5, 0.6) is 0 Å². The van der Waals surface area contributed by atoms with Crippen LogP contribution in [0.15, 0.2) is 12.1 Å². The van der Waals surface area contributed by atoms with Gasteiger partial charge in [-0.05, 0) is 37.0 Å². The van der Waals surface area contributed by atoms with E-state index in [0.717, 1.165) is 49.4 Å². The van der Waals surface area contributed by atoms with Gasteiger partial charge in [0, 0.05) is 32.3 Å². The summed E-state index contributed by atoms with van der Waals surface area (Å²) < 4.78 is 5.40. The number of methoxy groups -OCH3 is 1. The van der Waals surface area contributed by atoms with Gasteiger partial charge >= 0.3 is 0 Å². The summed E-state index contributed by atoms with van der Waals surface area (Å²) in [6.45, 7) is 1.93. The van der Waals surface area contributed by atoms with E-state index in [4.69, 9.17) is 10.5 Å². The molecular weight excluding hydrogens is 254 g/mol. The second-order valence-corrected chi connectivity index (χ2v) is 5.54. The standard InChI is InChI=1S/C15H21N3O2/c1-20-11-4-6-18(7-5-11)14-8-10-2-3-15(19)17-13(10)9-12(14)16/h8-9,11H,2-7,16H2,1H3,(H,17,19). The number of nitrogen functional groups attached to an aromatic ring is 1. The van der Waals surface area contributed by atoms with E-state index in [1.165, 1.54) is 5.56 Å². The van der Waals surface area contributed by atoms with Gasteiger partial charge in [0.2, 0.25) is 5.91 Å². The van der Waals surface area contributed by atoms with E-state index in [0.29, 0.717) is 12.5 Å². The molecule has 1 saturated heterocycles. The third-order valence-corrected chi connectivity index (χ3v) is 4.26. The maximum atomic E-state index is 11.4. The number of benzene rings is 1. The molecule has 2 aliphatic rings. The number of aryl methyl sites for hydroxylation is 1. The normalized spacial score (nSPS) is 19.6. The summed E-state index contributed by atoms with van der Waals surface area (Å²) in [6, 6.07) is 4.03. The number of fused-ring (bicyclic) bond motifs is 1. The van der Waals surface area contributed by atoms with Crippen LogP contribution in [0, 0.1) is 0 Å². The Labute approximate surface area is 119 Å². The Morgan fingerprint density at radius 1 is 1.30 bits per heavy atom. The zero-order valence-electron chi connectivity index (χ0n) is 11.8. The molecule has 0 unspecified atom stereocenters. The molecule has 1 amide bonds. The van der Waals surface area contributed by atoms with Crippen molar-refractivity contribution in [2.24, 2.45) is 0 Å². The fraction of sp³-hybridized carbons (Fsp3) is 0.533. The Kier molecular flexibility index (Phi) is 3.53. The summed E-state index contributed by atoms with van der Waals surface area (Å²) in [5.41, 5.74) is 10.0. The van der Waals surface area contributed by atoms with Crippen LogP contribution in [0.1, 0.15) is 24.8 Å². The molecular formula is C15H21N3O2. The third kappa shape index (κ3) is 2.45. The Balaban J connectivity index is 1.82. The average Bonchev–Trinajstić information content (AvgIpc) is 2.46. The van der Waals surface area contributed by atoms with E-state index >= 15 is 0 Å². The van der Waals surface area contributed by atoms with Gasteiger partial charge in [-0.3, -0.25) is 4.79 Å². The van der Waals surface area contributed by atoms with Crippen molar-refractivity contribution in [3.05, 3.63) is 17.7 Å². The van der Waals surface area contributed by atoms with Gasteiger partial charge in [-0.2, -0.15) is 0 Å². The van der Waals surface area contributed by atoms with Gasteiger partial charge in [0.25, 0.3) is 0 Å². The molecule has 5 nitrogen and oxygen atoms in total. The lowest BCUT2D eigenvalue weighted by Crippen LogP contribution is -2.37. The van der Waals surface area contributed by atoms with Crippen LogP contribution in [0.2, 0.25) is 0 Å². The van der Waals surface area contributed by atoms with Gasteiger partial charge in [-0.15, -0.1) is 0 Å². The van der Waals surface area contributed by atoms with Gasteiger partial charge in [-0.1, -0.05) is 0 Å². The average molecular weight is 275 g/mol. The highest BCUT2D eigenvalue weighted by Gasteiger charge is 2.23. The fourth-order valence-corrected chi connectivity index (χ4v) is 3.04. The lowest BCUT2D eigenvalue weighted by molar-refractivity contribution is -0.116. The first kappa shape index (κ1) is 13.2. The van der Waals surface area contributed by atoms with E-state index in [-0.39, 0.29) is 5.91 Å². The predicted molar refractivity (Wildman–Crippen MR) is 80.0 cm³/mol. The summed E-state index contributed by atoms with van der Waals surface area (Å²) in [5, 5.41) is 2.89. The Bertz CT molecular complexity index is 522. The van der Waals surface area contributed by atoms with E-state index in [2.05, 4.69) is 16.3 Å². The first-order chi connectivity index (χ1) is 9.67. The maximum absolute atomic E-state index is 11.4. The second-order valence-electron chi connectivity index (χ2n) is 5.54. The molecule has 0 spiro atoms. The molecule has 3 N–H and O–H groups in total. The lowest BCUT2D eigenvalue weighted by atomic mass is 9.99. The molecule has 1 aromatic rings. The number of nitrogens with two attached hydrogens (primary N) is 1. The number of hydrogen-bond donors (Lipinski definition) is 2. The number of carbonyl (C=O) groups excluding carboxylic acids is 1. The van der Waals surface area contributed by atoms with Crippen LogP contribution in [0.25, 0.3) is 0 Å². The van der Waals surface area contributed by atoms with Crippen molar-refractivity contribution in [1.29, 1.82) is 0 Å².